The van der Waals surface area contributed by atoms with Crippen molar-refractivity contribution in [2.75, 3.05) is 24.6 Å². The second-order valence-electron chi connectivity index (χ2n) is 7.28. The first-order valence-electron chi connectivity index (χ1n) is 9.17. The van der Waals surface area contributed by atoms with Crippen molar-refractivity contribution in [3.8, 4) is 11.4 Å². The molecule has 0 amide bonds. The molecule has 2 aromatic rings. The maximum Gasteiger partial charge on any atom is 0.161 e. The number of hydrogen-bond donors (Lipinski definition) is 0. The van der Waals surface area contributed by atoms with Crippen LogP contribution in [0.3, 0.4) is 0 Å². The van der Waals surface area contributed by atoms with E-state index in [1.807, 2.05) is 6.07 Å². The summed E-state index contributed by atoms with van der Waals surface area (Å²) in [4.78, 5) is 12.4. The monoisotopic (exact) mass is 321 g/mol. The van der Waals surface area contributed by atoms with Crippen LogP contribution in [0.2, 0.25) is 0 Å². The molecule has 2 aliphatic heterocycles. The summed E-state index contributed by atoms with van der Waals surface area (Å²) in [5.41, 5.74) is 3.96. The molecule has 24 heavy (non-hydrogen) atoms. The Labute approximate surface area is 142 Å². The van der Waals surface area contributed by atoms with E-state index >= 15 is 0 Å². The van der Waals surface area contributed by atoms with Crippen molar-refractivity contribution in [1.29, 1.82) is 0 Å². The van der Waals surface area contributed by atoms with Crippen LogP contribution in [0, 0.1) is 0 Å². The van der Waals surface area contributed by atoms with E-state index in [-0.39, 0.29) is 5.60 Å². The van der Waals surface area contributed by atoms with E-state index in [2.05, 4.69) is 29.2 Å². The molecule has 3 aliphatic rings. The molecule has 0 atom stereocenters. The highest BCUT2D eigenvalue weighted by Crippen LogP contribution is 2.39. The number of hydrogen-bond acceptors (Lipinski definition) is 4. The number of ether oxygens (including phenoxy) is 1. The molecule has 2 fully saturated rings. The summed E-state index contributed by atoms with van der Waals surface area (Å²) in [7, 11) is 0. The van der Waals surface area contributed by atoms with Crippen molar-refractivity contribution < 1.29 is 4.74 Å². The van der Waals surface area contributed by atoms with E-state index in [1.54, 1.807) is 0 Å². The highest BCUT2D eigenvalue weighted by atomic mass is 16.5. The molecule has 1 aromatic heterocycles. The van der Waals surface area contributed by atoms with Crippen molar-refractivity contribution in [1.82, 2.24) is 9.97 Å². The molecule has 5 rings (SSSR count). The molecule has 2 saturated heterocycles. The largest absolute Gasteiger partial charge is 0.375 e. The van der Waals surface area contributed by atoms with E-state index < -0.39 is 0 Å². The Morgan fingerprint density at radius 1 is 0.958 bits per heavy atom. The average Bonchev–Trinajstić information content (AvgIpc) is 3.09. The maximum absolute atomic E-state index is 5.87. The van der Waals surface area contributed by atoms with E-state index in [9.17, 15) is 0 Å². The van der Waals surface area contributed by atoms with Crippen LogP contribution in [0.5, 0.6) is 0 Å². The number of rotatable bonds is 2. The predicted molar refractivity (Wildman–Crippen MR) is 94.2 cm³/mol. The highest BCUT2D eigenvalue weighted by Gasteiger charge is 2.41. The Morgan fingerprint density at radius 2 is 1.75 bits per heavy atom. The first-order chi connectivity index (χ1) is 11.8. The molecule has 3 heterocycles. The van der Waals surface area contributed by atoms with E-state index in [0.717, 1.165) is 56.8 Å². The van der Waals surface area contributed by atoms with Gasteiger partial charge in [0, 0.05) is 29.9 Å². The lowest BCUT2D eigenvalue weighted by Gasteiger charge is -2.48. The molecule has 4 nitrogen and oxygen atoms in total. The fourth-order valence-corrected chi connectivity index (χ4v) is 4.30. The van der Waals surface area contributed by atoms with Gasteiger partial charge in [-0.25, -0.2) is 9.97 Å². The molecule has 124 valence electrons. The second-order valence-corrected chi connectivity index (χ2v) is 7.28. The normalized spacial score (nSPS) is 21.6. The molecular weight excluding hydrogens is 298 g/mol. The maximum atomic E-state index is 5.87. The fourth-order valence-electron chi connectivity index (χ4n) is 4.30. The van der Waals surface area contributed by atoms with Gasteiger partial charge in [0.25, 0.3) is 0 Å². The number of piperidine rings is 1. The minimum Gasteiger partial charge on any atom is -0.375 e. The Bertz CT molecular complexity index is 745. The lowest BCUT2D eigenvalue weighted by Crippen LogP contribution is -2.52. The van der Waals surface area contributed by atoms with Gasteiger partial charge >= 0.3 is 0 Å². The van der Waals surface area contributed by atoms with Crippen molar-refractivity contribution in [2.24, 2.45) is 0 Å². The van der Waals surface area contributed by atoms with Gasteiger partial charge in [0.05, 0.1) is 12.2 Å². The number of aromatic nitrogens is 2. The zero-order valence-electron chi connectivity index (χ0n) is 14.0. The van der Waals surface area contributed by atoms with Gasteiger partial charge in [-0.15, -0.1) is 0 Å². The van der Waals surface area contributed by atoms with Crippen LogP contribution in [0.1, 0.15) is 36.9 Å². The van der Waals surface area contributed by atoms with Crippen molar-refractivity contribution in [2.45, 2.75) is 44.1 Å². The average molecular weight is 321 g/mol. The van der Waals surface area contributed by atoms with Gasteiger partial charge in [-0.1, -0.05) is 30.3 Å². The molecule has 0 radical (unpaired) electrons. The van der Waals surface area contributed by atoms with Crippen molar-refractivity contribution in [3.05, 3.63) is 41.6 Å². The Hall–Kier alpha value is -1.94. The Morgan fingerprint density at radius 3 is 2.46 bits per heavy atom. The first-order valence-corrected chi connectivity index (χ1v) is 9.17. The third-order valence-electron chi connectivity index (χ3n) is 5.88. The molecule has 1 spiro atoms. The highest BCUT2D eigenvalue weighted by molar-refractivity contribution is 5.61. The summed E-state index contributed by atoms with van der Waals surface area (Å²) in [5, 5.41) is 0. The predicted octanol–water partition coefficient (Wildman–Crippen LogP) is 3.39. The summed E-state index contributed by atoms with van der Waals surface area (Å²) < 4.78 is 5.87. The number of benzene rings is 1. The number of aryl methyl sites for hydroxylation is 1. The van der Waals surface area contributed by atoms with E-state index in [0.29, 0.717) is 0 Å². The standard InChI is InChI=1S/C20H23N3O/c1-2-5-15(6-3-1)18-21-17-8-4-7-16(17)19(22-18)23-12-9-20(10-13-23)11-14-24-20/h1-3,5-6H,4,7-14H2. The van der Waals surface area contributed by atoms with Gasteiger partial charge in [-0.05, 0) is 38.5 Å². The van der Waals surface area contributed by atoms with E-state index in [4.69, 9.17) is 14.7 Å². The molecule has 4 heteroatoms. The van der Waals surface area contributed by atoms with Gasteiger partial charge in [0.2, 0.25) is 0 Å². The molecule has 1 aromatic carbocycles. The number of fused-ring (bicyclic) bond motifs is 1. The summed E-state index contributed by atoms with van der Waals surface area (Å²) in [6.07, 6.45) is 6.91. The molecule has 0 unspecified atom stereocenters. The summed E-state index contributed by atoms with van der Waals surface area (Å²) in [6, 6.07) is 10.4. The quantitative estimate of drug-likeness (QED) is 0.850. The van der Waals surface area contributed by atoms with Crippen molar-refractivity contribution in [3.63, 3.8) is 0 Å². The zero-order valence-corrected chi connectivity index (χ0v) is 14.0. The molecular formula is C20H23N3O. The summed E-state index contributed by atoms with van der Waals surface area (Å²) in [6.45, 7) is 3.05. The van der Waals surface area contributed by atoms with Crippen LogP contribution in [0.15, 0.2) is 30.3 Å². The topological polar surface area (TPSA) is 38.2 Å². The second kappa shape index (κ2) is 5.55. The third-order valence-corrected chi connectivity index (χ3v) is 5.88. The van der Waals surface area contributed by atoms with Crippen molar-refractivity contribution >= 4 is 5.82 Å². The van der Waals surface area contributed by atoms with Crippen LogP contribution in [0.25, 0.3) is 11.4 Å². The summed E-state index contributed by atoms with van der Waals surface area (Å²) in [5.74, 6) is 2.07. The molecule has 0 N–H and O–H groups in total. The van der Waals surface area contributed by atoms with Crippen LogP contribution in [-0.4, -0.2) is 35.3 Å². The lowest BCUT2D eigenvalue weighted by molar-refractivity contribution is -0.158. The third kappa shape index (κ3) is 2.32. The Kier molecular flexibility index (Phi) is 3.33. The minimum atomic E-state index is 0.189. The summed E-state index contributed by atoms with van der Waals surface area (Å²) >= 11 is 0. The zero-order chi connectivity index (χ0) is 16.0. The van der Waals surface area contributed by atoms with Gasteiger partial charge in [-0.3, -0.25) is 0 Å². The van der Waals surface area contributed by atoms with Crippen LogP contribution < -0.4 is 4.90 Å². The lowest BCUT2D eigenvalue weighted by atomic mass is 9.84. The Balaban J connectivity index is 1.50. The smallest absolute Gasteiger partial charge is 0.161 e. The molecule has 0 bridgehead atoms. The van der Waals surface area contributed by atoms with E-state index in [1.165, 1.54) is 29.9 Å². The number of anilines is 1. The minimum absolute atomic E-state index is 0.189. The van der Waals surface area contributed by atoms with Gasteiger partial charge in [0.15, 0.2) is 5.82 Å². The fraction of sp³-hybridized carbons (Fsp3) is 0.500. The van der Waals surface area contributed by atoms with Crippen LogP contribution in [0.4, 0.5) is 5.82 Å². The van der Waals surface area contributed by atoms with Gasteiger partial charge < -0.3 is 9.64 Å². The van der Waals surface area contributed by atoms with Crippen LogP contribution >= 0.6 is 0 Å². The van der Waals surface area contributed by atoms with Gasteiger partial charge in [-0.2, -0.15) is 0 Å². The molecule has 1 aliphatic carbocycles. The van der Waals surface area contributed by atoms with Crippen LogP contribution in [-0.2, 0) is 17.6 Å². The molecule has 0 saturated carbocycles. The number of nitrogens with zero attached hydrogens (tertiary/aromatic N) is 3. The first kappa shape index (κ1) is 14.4. The SMILES string of the molecule is c1ccc(-c2nc3c(c(N4CCC5(CCO5)CC4)n2)CCC3)cc1. The van der Waals surface area contributed by atoms with Gasteiger partial charge in [0.1, 0.15) is 5.82 Å².